The van der Waals surface area contributed by atoms with E-state index in [1.807, 2.05) is 6.07 Å². The Balaban J connectivity index is 1.52. The Morgan fingerprint density at radius 1 is 0.731 bits per heavy atom. The Morgan fingerprint density at radius 3 is 2.08 bits per heavy atom. The zero-order valence-corrected chi connectivity index (χ0v) is 15.3. The summed E-state index contributed by atoms with van der Waals surface area (Å²) in [6, 6.07) is 27.3. The molecule has 0 radical (unpaired) electrons. The zero-order chi connectivity index (χ0) is 17.8. The normalized spacial score (nSPS) is 15.7. The van der Waals surface area contributed by atoms with Gasteiger partial charge < -0.3 is 9.64 Å². The highest BCUT2D eigenvalue weighted by Gasteiger charge is 2.21. The van der Waals surface area contributed by atoms with Gasteiger partial charge in [-0.2, -0.15) is 0 Å². The lowest BCUT2D eigenvalue weighted by molar-refractivity contribution is 0.253. The van der Waals surface area contributed by atoms with Gasteiger partial charge in [-0.1, -0.05) is 60.7 Å². The number of ether oxygens (including phenoxy) is 1. The van der Waals surface area contributed by atoms with Gasteiger partial charge in [0.15, 0.2) is 0 Å². The monoisotopic (exact) mass is 343 g/mol. The molecule has 4 rings (SSSR count). The molecule has 1 fully saturated rings. The maximum Gasteiger partial charge on any atom is 0.130 e. The summed E-state index contributed by atoms with van der Waals surface area (Å²) in [5.41, 5.74) is 3.78. The van der Waals surface area contributed by atoms with Crippen molar-refractivity contribution in [2.24, 2.45) is 0 Å². The fourth-order valence-electron chi connectivity index (χ4n) is 3.70. The number of piperidine rings is 1. The van der Waals surface area contributed by atoms with Gasteiger partial charge in [-0.25, -0.2) is 0 Å². The Labute approximate surface area is 156 Å². The second-order valence-electron chi connectivity index (χ2n) is 7.11. The van der Waals surface area contributed by atoms with Gasteiger partial charge in [0, 0.05) is 0 Å². The van der Waals surface area contributed by atoms with Crippen molar-refractivity contribution in [3.63, 3.8) is 0 Å². The highest BCUT2D eigenvalue weighted by atomic mass is 16.5. The summed E-state index contributed by atoms with van der Waals surface area (Å²) in [5, 5.41) is 0. The fraction of sp³-hybridized carbons (Fsp3) is 0.250. The number of benzene rings is 3. The van der Waals surface area contributed by atoms with Crippen LogP contribution in [0, 0.1) is 0 Å². The molecule has 0 bridgehead atoms. The van der Waals surface area contributed by atoms with E-state index < -0.39 is 0 Å². The Kier molecular flexibility index (Phi) is 5.03. The molecule has 0 amide bonds. The number of likely N-dealkylation sites (tertiary alicyclic amines) is 1. The minimum atomic E-state index is 0.589. The average molecular weight is 343 g/mol. The van der Waals surface area contributed by atoms with E-state index in [1.165, 1.54) is 29.5 Å². The lowest BCUT2D eigenvalue weighted by Crippen LogP contribution is -2.29. The quantitative estimate of drug-likeness (QED) is 0.580. The fourth-order valence-corrected chi connectivity index (χ4v) is 3.70. The molecule has 2 heteroatoms. The highest BCUT2D eigenvalue weighted by Crippen LogP contribution is 2.36. The summed E-state index contributed by atoms with van der Waals surface area (Å²) in [6.45, 7) is 2.32. The molecule has 3 aromatic rings. The summed E-state index contributed by atoms with van der Waals surface area (Å²) < 4.78 is 6.27. The first-order valence-electron chi connectivity index (χ1n) is 9.40. The van der Waals surface area contributed by atoms with Gasteiger partial charge in [-0.15, -0.1) is 0 Å². The lowest BCUT2D eigenvalue weighted by atomic mass is 9.89. The summed E-state index contributed by atoms with van der Waals surface area (Å²) in [6.07, 6.45) is 2.40. The van der Waals surface area contributed by atoms with Crippen molar-refractivity contribution in [2.45, 2.75) is 18.8 Å². The van der Waals surface area contributed by atoms with Crippen molar-refractivity contribution >= 4 is 0 Å². The number of para-hydroxylation sites is 1. The molecule has 0 saturated carbocycles. The second-order valence-corrected chi connectivity index (χ2v) is 7.11. The Hall–Kier alpha value is -2.58. The van der Waals surface area contributed by atoms with Gasteiger partial charge >= 0.3 is 0 Å². The van der Waals surface area contributed by atoms with E-state index in [4.69, 9.17) is 4.74 Å². The Bertz CT molecular complexity index is 834. The second kappa shape index (κ2) is 7.76. The molecule has 0 aliphatic carbocycles. The van der Waals surface area contributed by atoms with Crippen molar-refractivity contribution in [3.05, 3.63) is 84.4 Å². The third-order valence-corrected chi connectivity index (χ3v) is 5.27. The van der Waals surface area contributed by atoms with Crippen molar-refractivity contribution in [2.75, 3.05) is 20.1 Å². The Morgan fingerprint density at radius 2 is 1.35 bits per heavy atom. The number of rotatable bonds is 4. The van der Waals surface area contributed by atoms with Crippen molar-refractivity contribution in [3.8, 4) is 22.6 Å². The highest BCUT2D eigenvalue weighted by molar-refractivity contribution is 5.64. The maximum absolute atomic E-state index is 6.27. The van der Waals surface area contributed by atoms with Crippen LogP contribution in [0.15, 0.2) is 78.9 Å². The van der Waals surface area contributed by atoms with Crippen LogP contribution in [0.4, 0.5) is 0 Å². The van der Waals surface area contributed by atoms with E-state index in [2.05, 4.69) is 84.7 Å². The largest absolute Gasteiger partial charge is 0.457 e. The van der Waals surface area contributed by atoms with Crippen LogP contribution in [0.2, 0.25) is 0 Å². The van der Waals surface area contributed by atoms with Crippen molar-refractivity contribution < 1.29 is 4.74 Å². The van der Waals surface area contributed by atoms with Gasteiger partial charge in [0.05, 0.1) is 0 Å². The van der Waals surface area contributed by atoms with E-state index in [-0.39, 0.29) is 0 Å². The van der Waals surface area contributed by atoms with Gasteiger partial charge in [-0.05, 0) is 73.8 Å². The van der Waals surface area contributed by atoms with E-state index in [0.717, 1.165) is 24.6 Å². The summed E-state index contributed by atoms with van der Waals surface area (Å²) in [5.74, 6) is 2.48. The van der Waals surface area contributed by atoms with Crippen LogP contribution in [0.1, 0.15) is 24.3 Å². The molecule has 26 heavy (non-hydrogen) atoms. The average Bonchev–Trinajstić information content (AvgIpc) is 2.70. The number of hydrogen-bond acceptors (Lipinski definition) is 2. The summed E-state index contributed by atoms with van der Waals surface area (Å²) in [7, 11) is 2.20. The van der Waals surface area contributed by atoms with Gasteiger partial charge in [0.25, 0.3) is 0 Å². The molecule has 1 heterocycles. The molecule has 0 aromatic heterocycles. The minimum Gasteiger partial charge on any atom is -0.457 e. The van der Waals surface area contributed by atoms with Crippen LogP contribution in [-0.2, 0) is 0 Å². The van der Waals surface area contributed by atoms with E-state index in [1.54, 1.807) is 0 Å². The molecule has 1 saturated heterocycles. The van der Waals surface area contributed by atoms with Gasteiger partial charge in [-0.3, -0.25) is 0 Å². The first kappa shape index (κ1) is 16.9. The summed E-state index contributed by atoms with van der Waals surface area (Å²) in [4.78, 5) is 2.41. The molecule has 0 unspecified atom stereocenters. The molecular formula is C24H25NO. The number of nitrogens with zero attached hydrogens (tertiary/aromatic N) is 1. The zero-order valence-electron chi connectivity index (χ0n) is 15.3. The molecular weight excluding hydrogens is 318 g/mol. The van der Waals surface area contributed by atoms with E-state index >= 15 is 0 Å². The van der Waals surface area contributed by atoms with Crippen molar-refractivity contribution in [1.82, 2.24) is 4.90 Å². The van der Waals surface area contributed by atoms with E-state index in [0.29, 0.717) is 5.92 Å². The van der Waals surface area contributed by atoms with Crippen molar-refractivity contribution in [1.29, 1.82) is 0 Å². The summed E-state index contributed by atoms with van der Waals surface area (Å²) >= 11 is 0. The topological polar surface area (TPSA) is 12.5 Å². The standard InChI is InChI=1S/C24H25NO/c1-25-17-15-21(16-18-25)23-9-5-6-10-24(23)26-22-13-11-20(12-14-22)19-7-3-2-4-8-19/h2-14,21H,15-18H2,1H3. The first-order chi connectivity index (χ1) is 12.8. The van der Waals surface area contributed by atoms with Crippen LogP contribution in [0.25, 0.3) is 11.1 Å². The SMILES string of the molecule is CN1CCC(c2ccccc2Oc2ccc(-c3ccccc3)cc2)CC1. The molecule has 1 aliphatic rings. The molecule has 1 aliphatic heterocycles. The van der Waals surface area contributed by atoms with Gasteiger partial charge in [0.2, 0.25) is 0 Å². The van der Waals surface area contributed by atoms with Crippen LogP contribution >= 0.6 is 0 Å². The molecule has 0 spiro atoms. The third-order valence-electron chi connectivity index (χ3n) is 5.27. The molecule has 3 aromatic carbocycles. The molecule has 2 nitrogen and oxygen atoms in total. The molecule has 0 atom stereocenters. The lowest BCUT2D eigenvalue weighted by Gasteiger charge is -2.30. The van der Waals surface area contributed by atoms with E-state index in [9.17, 15) is 0 Å². The predicted octanol–water partition coefficient (Wildman–Crippen LogP) is 5.96. The first-order valence-corrected chi connectivity index (χ1v) is 9.40. The number of hydrogen-bond donors (Lipinski definition) is 0. The van der Waals surface area contributed by atoms with Crippen LogP contribution in [0.3, 0.4) is 0 Å². The predicted molar refractivity (Wildman–Crippen MR) is 108 cm³/mol. The minimum absolute atomic E-state index is 0.589. The molecule has 132 valence electrons. The smallest absolute Gasteiger partial charge is 0.130 e. The maximum atomic E-state index is 6.27. The van der Waals surface area contributed by atoms with Crippen LogP contribution in [-0.4, -0.2) is 25.0 Å². The molecule has 0 N–H and O–H groups in total. The van der Waals surface area contributed by atoms with Gasteiger partial charge in [0.1, 0.15) is 11.5 Å². The third kappa shape index (κ3) is 3.81. The van der Waals surface area contributed by atoms with Crippen LogP contribution in [0.5, 0.6) is 11.5 Å². The van der Waals surface area contributed by atoms with Crippen LogP contribution < -0.4 is 4.74 Å².